The Kier molecular flexibility index (Phi) is 2.96. The molecule has 1 aromatic heterocycles. The minimum Gasteiger partial charge on any atom is -0.378 e. The fourth-order valence-corrected chi connectivity index (χ4v) is 3.23. The third kappa shape index (κ3) is 2.08. The molecule has 0 unspecified atom stereocenters. The Hall–Kier alpha value is -1.55. The van der Waals surface area contributed by atoms with Crippen molar-refractivity contribution in [1.29, 1.82) is 0 Å². The number of nitrogens with one attached hydrogen (secondary N) is 1. The number of rotatable bonds is 2. The highest BCUT2D eigenvalue weighted by Crippen LogP contribution is 2.34. The van der Waals surface area contributed by atoms with Crippen LogP contribution in [0.25, 0.3) is 10.6 Å². The van der Waals surface area contributed by atoms with Gasteiger partial charge in [0.05, 0.1) is 0 Å². The van der Waals surface area contributed by atoms with Crippen LogP contribution >= 0.6 is 11.3 Å². The van der Waals surface area contributed by atoms with E-state index in [0.717, 1.165) is 23.8 Å². The predicted molar refractivity (Wildman–Crippen MR) is 78.7 cm³/mol. The number of benzene rings is 1. The van der Waals surface area contributed by atoms with Gasteiger partial charge in [-0.1, -0.05) is 0 Å². The molecule has 4 heteroatoms. The van der Waals surface area contributed by atoms with Crippen molar-refractivity contribution in [2.24, 2.45) is 0 Å². The molecule has 3 nitrogen and oxygen atoms in total. The number of hydrogen-bond acceptors (Lipinski definition) is 4. The molecule has 18 heavy (non-hydrogen) atoms. The van der Waals surface area contributed by atoms with Gasteiger partial charge in [0.2, 0.25) is 0 Å². The van der Waals surface area contributed by atoms with Gasteiger partial charge in [-0.25, -0.2) is 4.98 Å². The van der Waals surface area contributed by atoms with Gasteiger partial charge in [-0.3, -0.25) is 0 Å². The lowest BCUT2D eigenvalue weighted by Gasteiger charge is -2.11. The topological polar surface area (TPSA) is 28.2 Å². The van der Waals surface area contributed by atoms with Gasteiger partial charge in [-0.2, -0.15) is 0 Å². The molecule has 0 aliphatic carbocycles. The summed E-state index contributed by atoms with van der Waals surface area (Å²) in [5, 5.41) is 4.50. The van der Waals surface area contributed by atoms with Crippen molar-refractivity contribution in [3.63, 3.8) is 0 Å². The zero-order valence-corrected chi connectivity index (χ0v) is 11.5. The van der Waals surface area contributed by atoms with Gasteiger partial charge in [0.25, 0.3) is 0 Å². The van der Waals surface area contributed by atoms with Crippen molar-refractivity contribution in [2.45, 2.75) is 12.8 Å². The Bertz CT molecular complexity index is 519. The van der Waals surface area contributed by atoms with E-state index in [4.69, 9.17) is 0 Å². The normalized spacial score (nSPS) is 13.9. The molecule has 1 aromatic carbocycles. The molecule has 0 bridgehead atoms. The molecule has 0 atom stereocenters. The van der Waals surface area contributed by atoms with Gasteiger partial charge in [-0.05, 0) is 37.1 Å². The fraction of sp³-hybridized carbons (Fsp3) is 0.357. The molecule has 3 rings (SSSR count). The lowest BCUT2D eigenvalue weighted by atomic mass is 10.2. The number of thiazole rings is 1. The summed E-state index contributed by atoms with van der Waals surface area (Å²) in [7, 11) is 4.11. The molecule has 0 radical (unpaired) electrons. The second-order valence-electron chi connectivity index (χ2n) is 4.76. The van der Waals surface area contributed by atoms with E-state index >= 15 is 0 Å². The molecule has 2 aromatic rings. The van der Waals surface area contributed by atoms with Crippen molar-refractivity contribution in [3.05, 3.63) is 29.1 Å². The van der Waals surface area contributed by atoms with Crippen LogP contribution in [0.4, 0.5) is 11.5 Å². The molecular formula is C14H17N3S. The molecule has 0 spiro atoms. The van der Waals surface area contributed by atoms with Crippen LogP contribution in [0.2, 0.25) is 0 Å². The first-order chi connectivity index (χ1) is 8.74. The van der Waals surface area contributed by atoms with E-state index in [1.54, 1.807) is 0 Å². The summed E-state index contributed by atoms with van der Waals surface area (Å²) in [5.74, 6) is 1.10. The standard InChI is InChI=1S/C14H17N3S/c1-17(2)11-7-5-10(6-8-11)14-16-13-12(18-14)4-3-9-15-13/h5-8,15H,3-4,9H2,1-2H3. The van der Waals surface area contributed by atoms with Gasteiger partial charge in [0.1, 0.15) is 10.8 Å². The molecule has 0 saturated carbocycles. The van der Waals surface area contributed by atoms with Crippen molar-refractivity contribution < 1.29 is 0 Å². The number of anilines is 2. The molecule has 0 amide bonds. The lowest BCUT2D eigenvalue weighted by molar-refractivity contribution is 0.837. The number of aryl methyl sites for hydroxylation is 1. The maximum atomic E-state index is 4.69. The zero-order chi connectivity index (χ0) is 12.5. The Labute approximate surface area is 111 Å². The highest BCUT2D eigenvalue weighted by Gasteiger charge is 2.15. The van der Waals surface area contributed by atoms with Crippen LogP contribution in [-0.4, -0.2) is 25.6 Å². The summed E-state index contributed by atoms with van der Waals surface area (Å²) in [4.78, 5) is 8.19. The number of nitrogens with zero attached hydrogens (tertiary/aromatic N) is 2. The van der Waals surface area contributed by atoms with E-state index in [2.05, 4.69) is 53.6 Å². The number of aromatic nitrogens is 1. The van der Waals surface area contributed by atoms with E-state index < -0.39 is 0 Å². The van der Waals surface area contributed by atoms with Gasteiger partial charge >= 0.3 is 0 Å². The second kappa shape index (κ2) is 4.61. The van der Waals surface area contributed by atoms with Crippen LogP contribution in [0.1, 0.15) is 11.3 Å². The van der Waals surface area contributed by atoms with Crippen LogP contribution in [0.5, 0.6) is 0 Å². The number of fused-ring (bicyclic) bond motifs is 1. The summed E-state index contributed by atoms with van der Waals surface area (Å²) >= 11 is 1.82. The molecule has 1 N–H and O–H groups in total. The van der Waals surface area contributed by atoms with Crippen LogP contribution < -0.4 is 10.2 Å². The minimum absolute atomic E-state index is 1.05. The molecule has 0 saturated heterocycles. The predicted octanol–water partition coefficient (Wildman–Crippen LogP) is 3.23. The highest BCUT2D eigenvalue weighted by atomic mass is 32.1. The molecule has 1 aliphatic heterocycles. The lowest BCUT2D eigenvalue weighted by Crippen LogP contribution is -2.09. The van der Waals surface area contributed by atoms with E-state index in [0.29, 0.717) is 0 Å². The summed E-state index contributed by atoms with van der Waals surface area (Å²) in [6.45, 7) is 1.05. The summed E-state index contributed by atoms with van der Waals surface area (Å²) in [6, 6.07) is 8.59. The van der Waals surface area contributed by atoms with E-state index in [1.807, 2.05) is 11.3 Å². The molecule has 94 valence electrons. The first-order valence-electron chi connectivity index (χ1n) is 6.25. The van der Waals surface area contributed by atoms with Crippen molar-refractivity contribution >= 4 is 22.8 Å². The Morgan fingerprint density at radius 1 is 1.22 bits per heavy atom. The monoisotopic (exact) mass is 259 g/mol. The third-order valence-corrected chi connectivity index (χ3v) is 4.37. The SMILES string of the molecule is CN(C)c1ccc(-c2nc3c(s2)CCCN3)cc1. The first-order valence-corrected chi connectivity index (χ1v) is 7.07. The minimum atomic E-state index is 1.05. The largest absolute Gasteiger partial charge is 0.378 e. The summed E-state index contributed by atoms with van der Waals surface area (Å²) < 4.78 is 0. The zero-order valence-electron chi connectivity index (χ0n) is 10.7. The molecule has 1 aliphatic rings. The smallest absolute Gasteiger partial charge is 0.140 e. The molecule has 0 fully saturated rings. The van der Waals surface area contributed by atoms with E-state index in [9.17, 15) is 0 Å². The van der Waals surface area contributed by atoms with Crippen molar-refractivity contribution in [3.8, 4) is 10.6 Å². The summed E-state index contributed by atoms with van der Waals surface area (Å²) in [5.41, 5.74) is 2.43. The second-order valence-corrected chi connectivity index (χ2v) is 5.85. The first kappa shape index (κ1) is 11.5. The average Bonchev–Trinajstić information content (AvgIpc) is 2.82. The van der Waals surface area contributed by atoms with Gasteiger partial charge in [-0.15, -0.1) is 11.3 Å². The fourth-order valence-electron chi connectivity index (χ4n) is 2.14. The molecule has 2 heterocycles. The van der Waals surface area contributed by atoms with E-state index in [1.165, 1.54) is 22.5 Å². The Morgan fingerprint density at radius 3 is 2.67 bits per heavy atom. The van der Waals surface area contributed by atoms with Gasteiger partial charge in [0.15, 0.2) is 0 Å². The number of hydrogen-bond donors (Lipinski definition) is 1. The molecular weight excluding hydrogens is 242 g/mol. The highest BCUT2D eigenvalue weighted by molar-refractivity contribution is 7.15. The van der Waals surface area contributed by atoms with Crippen LogP contribution in [-0.2, 0) is 6.42 Å². The summed E-state index contributed by atoms with van der Waals surface area (Å²) in [6.07, 6.45) is 2.38. The third-order valence-electron chi connectivity index (χ3n) is 3.20. The maximum Gasteiger partial charge on any atom is 0.140 e. The maximum absolute atomic E-state index is 4.69. The van der Waals surface area contributed by atoms with Crippen LogP contribution in [0.15, 0.2) is 24.3 Å². The van der Waals surface area contributed by atoms with Crippen LogP contribution in [0.3, 0.4) is 0 Å². The Balaban J connectivity index is 1.92. The van der Waals surface area contributed by atoms with Gasteiger partial charge < -0.3 is 10.2 Å². The van der Waals surface area contributed by atoms with Crippen molar-refractivity contribution in [2.75, 3.05) is 30.9 Å². The van der Waals surface area contributed by atoms with Gasteiger partial charge in [0, 0.05) is 36.8 Å². The average molecular weight is 259 g/mol. The van der Waals surface area contributed by atoms with Crippen LogP contribution in [0, 0.1) is 0 Å². The Morgan fingerprint density at radius 2 is 2.00 bits per heavy atom. The quantitative estimate of drug-likeness (QED) is 0.897. The van der Waals surface area contributed by atoms with Crippen molar-refractivity contribution in [1.82, 2.24) is 4.98 Å². The van der Waals surface area contributed by atoms with E-state index in [-0.39, 0.29) is 0 Å².